The van der Waals surface area contributed by atoms with Gasteiger partial charge in [-0.2, -0.15) is 0 Å². The predicted octanol–water partition coefficient (Wildman–Crippen LogP) is 1.59. The summed E-state index contributed by atoms with van der Waals surface area (Å²) in [5, 5.41) is 3.45. The molecule has 87 valence electrons. The minimum absolute atomic E-state index is 0.307. The van der Waals surface area contributed by atoms with Gasteiger partial charge in [-0.3, -0.25) is 4.79 Å². The van der Waals surface area contributed by atoms with Crippen molar-refractivity contribution in [3.8, 4) is 0 Å². The van der Waals surface area contributed by atoms with Crippen molar-refractivity contribution in [3.05, 3.63) is 6.92 Å². The predicted molar refractivity (Wildman–Crippen MR) is 62.5 cm³/mol. The number of hydrogen-bond donors (Lipinski definition) is 1. The molecule has 1 N–H and O–H groups in total. The fourth-order valence-electron chi connectivity index (χ4n) is 2.03. The molecule has 0 aromatic carbocycles. The van der Waals surface area contributed by atoms with Crippen LogP contribution in [0.5, 0.6) is 0 Å². The highest BCUT2D eigenvalue weighted by molar-refractivity contribution is 5.76. The zero-order valence-electron chi connectivity index (χ0n) is 9.80. The zero-order chi connectivity index (χ0) is 11.1. The summed E-state index contributed by atoms with van der Waals surface area (Å²) >= 11 is 0. The first kappa shape index (κ1) is 12.5. The fraction of sp³-hybridized carbons (Fsp3) is 0.833. The second-order valence-electron chi connectivity index (χ2n) is 4.24. The Kier molecular flexibility index (Phi) is 5.69. The monoisotopic (exact) mass is 211 g/mol. The van der Waals surface area contributed by atoms with Crippen LogP contribution in [-0.4, -0.2) is 36.5 Å². The summed E-state index contributed by atoms with van der Waals surface area (Å²) < 4.78 is 0. The lowest BCUT2D eigenvalue weighted by Gasteiger charge is -2.33. The average molecular weight is 211 g/mol. The van der Waals surface area contributed by atoms with Crippen molar-refractivity contribution in [2.24, 2.45) is 0 Å². The van der Waals surface area contributed by atoms with Crippen LogP contribution in [0.25, 0.3) is 0 Å². The van der Waals surface area contributed by atoms with Crippen LogP contribution in [0.2, 0.25) is 0 Å². The topological polar surface area (TPSA) is 32.3 Å². The smallest absolute Gasteiger partial charge is 0.222 e. The number of carbonyl (C=O) groups is 1. The van der Waals surface area contributed by atoms with E-state index < -0.39 is 0 Å². The molecule has 1 fully saturated rings. The zero-order valence-corrected chi connectivity index (χ0v) is 9.80. The van der Waals surface area contributed by atoms with E-state index in [0.29, 0.717) is 18.4 Å². The molecule has 1 saturated heterocycles. The van der Waals surface area contributed by atoms with E-state index in [2.05, 4.69) is 19.2 Å². The summed E-state index contributed by atoms with van der Waals surface area (Å²) in [4.78, 5) is 13.8. The number of hydrogen-bond acceptors (Lipinski definition) is 2. The SMILES string of the molecule is [CH2]CCCC(=O)N1CCNC(CCC)C1. The quantitative estimate of drug-likeness (QED) is 0.749. The summed E-state index contributed by atoms with van der Waals surface area (Å²) in [6.45, 7) is 8.66. The summed E-state index contributed by atoms with van der Waals surface area (Å²) in [6.07, 6.45) is 4.79. The van der Waals surface area contributed by atoms with Crippen molar-refractivity contribution < 1.29 is 4.79 Å². The molecular weight excluding hydrogens is 188 g/mol. The number of rotatable bonds is 5. The van der Waals surface area contributed by atoms with Gasteiger partial charge < -0.3 is 10.2 Å². The molecule has 3 heteroatoms. The first-order valence-electron chi connectivity index (χ1n) is 6.08. The van der Waals surface area contributed by atoms with Crippen molar-refractivity contribution in [2.75, 3.05) is 19.6 Å². The second-order valence-corrected chi connectivity index (χ2v) is 4.24. The third-order valence-corrected chi connectivity index (χ3v) is 2.89. The maximum atomic E-state index is 11.8. The summed E-state index contributed by atoms with van der Waals surface area (Å²) in [7, 11) is 0. The molecule has 0 aliphatic carbocycles. The molecule has 0 saturated carbocycles. The summed E-state index contributed by atoms with van der Waals surface area (Å²) in [6, 6.07) is 0.507. The molecule has 1 unspecified atom stereocenters. The molecule has 1 radical (unpaired) electrons. The number of piperazine rings is 1. The van der Waals surface area contributed by atoms with Gasteiger partial charge in [0.25, 0.3) is 0 Å². The Bertz CT molecular complexity index is 192. The second kappa shape index (κ2) is 6.83. The van der Waals surface area contributed by atoms with E-state index in [-0.39, 0.29) is 0 Å². The Labute approximate surface area is 93.2 Å². The highest BCUT2D eigenvalue weighted by Crippen LogP contribution is 2.08. The molecule has 3 nitrogen and oxygen atoms in total. The number of unbranched alkanes of at least 4 members (excludes halogenated alkanes) is 1. The van der Waals surface area contributed by atoms with Gasteiger partial charge in [0.15, 0.2) is 0 Å². The molecule has 0 aromatic heterocycles. The van der Waals surface area contributed by atoms with Gasteiger partial charge in [0.1, 0.15) is 0 Å². The first-order valence-corrected chi connectivity index (χ1v) is 6.08. The van der Waals surface area contributed by atoms with Crippen LogP contribution < -0.4 is 5.32 Å². The lowest BCUT2D eigenvalue weighted by molar-refractivity contribution is -0.132. The number of amides is 1. The molecule has 1 aliphatic heterocycles. The van der Waals surface area contributed by atoms with E-state index in [1.807, 2.05) is 4.90 Å². The standard InChI is InChI=1S/C12H23N2O/c1-3-5-7-12(15)14-9-8-13-11(10-14)6-4-2/h11,13H,1,3-10H2,2H3. The summed E-state index contributed by atoms with van der Waals surface area (Å²) in [5.41, 5.74) is 0. The molecular formula is C12H23N2O. The van der Waals surface area contributed by atoms with Crippen LogP contribution in [0, 0.1) is 6.92 Å². The lowest BCUT2D eigenvalue weighted by atomic mass is 10.1. The Morgan fingerprint density at radius 2 is 2.40 bits per heavy atom. The normalized spacial score (nSPS) is 21.7. The Hall–Kier alpha value is -0.570. The van der Waals surface area contributed by atoms with Crippen molar-refractivity contribution >= 4 is 5.91 Å². The molecule has 15 heavy (non-hydrogen) atoms. The van der Waals surface area contributed by atoms with Crippen molar-refractivity contribution in [3.63, 3.8) is 0 Å². The number of carbonyl (C=O) groups excluding carboxylic acids is 1. The van der Waals surface area contributed by atoms with Crippen LogP contribution in [0.4, 0.5) is 0 Å². The van der Waals surface area contributed by atoms with E-state index in [1.54, 1.807) is 0 Å². The Morgan fingerprint density at radius 3 is 3.07 bits per heavy atom. The van der Waals surface area contributed by atoms with Gasteiger partial charge in [0.2, 0.25) is 5.91 Å². The molecule has 1 atom stereocenters. The average Bonchev–Trinajstić information content (AvgIpc) is 2.27. The molecule has 1 rings (SSSR count). The van der Waals surface area contributed by atoms with Crippen molar-refractivity contribution in [1.29, 1.82) is 0 Å². The minimum atomic E-state index is 0.307. The largest absolute Gasteiger partial charge is 0.340 e. The van der Waals surface area contributed by atoms with Gasteiger partial charge >= 0.3 is 0 Å². The van der Waals surface area contributed by atoms with Gasteiger partial charge in [-0.15, -0.1) is 0 Å². The van der Waals surface area contributed by atoms with Gasteiger partial charge in [-0.25, -0.2) is 0 Å². The van der Waals surface area contributed by atoms with Crippen LogP contribution >= 0.6 is 0 Å². The third kappa shape index (κ3) is 4.20. The highest BCUT2D eigenvalue weighted by Gasteiger charge is 2.21. The number of nitrogens with zero attached hydrogens (tertiary/aromatic N) is 1. The molecule has 0 bridgehead atoms. The van der Waals surface area contributed by atoms with Gasteiger partial charge in [-0.05, 0) is 12.8 Å². The van der Waals surface area contributed by atoms with E-state index >= 15 is 0 Å². The van der Waals surface area contributed by atoms with Crippen LogP contribution in [0.15, 0.2) is 0 Å². The maximum absolute atomic E-state index is 11.8. The number of nitrogens with one attached hydrogen (secondary N) is 1. The lowest BCUT2D eigenvalue weighted by Crippen LogP contribution is -2.52. The van der Waals surface area contributed by atoms with Crippen molar-refractivity contribution in [1.82, 2.24) is 10.2 Å². The molecule has 0 aromatic rings. The molecule has 0 spiro atoms. The molecule has 1 amide bonds. The Balaban J connectivity index is 2.31. The van der Waals surface area contributed by atoms with Gasteiger partial charge in [0, 0.05) is 32.1 Å². The molecule has 1 heterocycles. The highest BCUT2D eigenvalue weighted by atomic mass is 16.2. The van der Waals surface area contributed by atoms with Gasteiger partial charge in [-0.1, -0.05) is 26.7 Å². The van der Waals surface area contributed by atoms with E-state index in [1.165, 1.54) is 12.8 Å². The fourth-order valence-corrected chi connectivity index (χ4v) is 2.03. The van der Waals surface area contributed by atoms with E-state index in [4.69, 9.17) is 0 Å². The van der Waals surface area contributed by atoms with Gasteiger partial charge in [0.05, 0.1) is 0 Å². The van der Waals surface area contributed by atoms with Crippen LogP contribution in [-0.2, 0) is 4.79 Å². The van der Waals surface area contributed by atoms with Crippen molar-refractivity contribution in [2.45, 2.75) is 45.1 Å². The molecule has 1 aliphatic rings. The van der Waals surface area contributed by atoms with E-state index in [0.717, 1.165) is 32.5 Å². The summed E-state index contributed by atoms with van der Waals surface area (Å²) in [5.74, 6) is 0.307. The Morgan fingerprint density at radius 1 is 1.60 bits per heavy atom. The first-order chi connectivity index (χ1) is 7.27. The maximum Gasteiger partial charge on any atom is 0.222 e. The minimum Gasteiger partial charge on any atom is -0.340 e. The van der Waals surface area contributed by atoms with Crippen LogP contribution in [0.3, 0.4) is 0 Å². The third-order valence-electron chi connectivity index (χ3n) is 2.89. The van der Waals surface area contributed by atoms with E-state index in [9.17, 15) is 4.79 Å². The van der Waals surface area contributed by atoms with Crippen LogP contribution in [0.1, 0.15) is 39.0 Å².